The Morgan fingerprint density at radius 2 is 0.860 bits per heavy atom. The van der Waals surface area contributed by atoms with E-state index in [9.17, 15) is 53.1 Å². The molecule has 3 N–H and O–H groups in total. The van der Waals surface area contributed by atoms with Crippen LogP contribution in [-0.4, -0.2) is 212 Å². The summed E-state index contributed by atoms with van der Waals surface area (Å²) < 4.78 is 58.9. The minimum absolute atomic E-state index is 0. The first-order valence-electron chi connectivity index (χ1n) is 41.2. The van der Waals surface area contributed by atoms with E-state index in [-0.39, 0.29) is 222 Å². The Balaban J connectivity index is 0.000000649. The van der Waals surface area contributed by atoms with Gasteiger partial charge in [-0.15, -0.1) is 0 Å². The van der Waals surface area contributed by atoms with Crippen LogP contribution < -0.4 is 168 Å². The Morgan fingerprint density at radius 1 is 0.496 bits per heavy atom. The van der Waals surface area contributed by atoms with Gasteiger partial charge in [-0.3, -0.25) is 53.0 Å². The number of phenolic OH excluding ortho intramolecular Hbond substituents is 1. The molecule has 0 aliphatic rings. The number of methoxy groups -OCH3 is 4. The molecule has 36 heteroatoms. The standard InChI is InChI=1S/C51H66N6O13.C41H47N3O9.CH2O3.2Cs.H/c1-36-19-20-53-46(32-36)57(50(62)70-51(2,3)4)22-9-12-47(59)55-43(35-49(61)64-6)44(58)33-39(34-48(60)63-5)37-13-15-38(16-14-37)40-17-18-45(42-11-8-7-10-41(40)42)69-31-30-68-29-28-67-27-26-66-25-24-65-23-21-54-56-52;1-26-19-20-42-36(22-26)44(40(50)53-41(2,3)4)21-9-12-37(47)43-33(25-39(49)52-6)35(46)23-29(24-38(48)51-5)27-13-15-28(16-14-27)30-17-18-34(45)32-11-8-7-10-31(30)32;2-1-4-3;;;/h7-8,10-11,13-20,32,39,43H,9,12,21-31,33-35H2,1-6H3,(H,55,59);7-8,10-11,13-20,22,29,33,45H,9,12,21,23-25H2,1-6H3,(H,43,47);1,3H;;;/q;;;2*+1;-1/p-1/t39-,43-;29-,33-;;;;/m00..../s1. The topological polar surface area (TPSA) is 447 Å². The van der Waals surface area contributed by atoms with E-state index in [4.69, 9.17) is 67.7 Å². The van der Waals surface area contributed by atoms with Crippen molar-refractivity contribution in [3.05, 3.63) is 191 Å². The van der Waals surface area contributed by atoms with Gasteiger partial charge in [-0.25, -0.2) is 19.6 Å². The van der Waals surface area contributed by atoms with E-state index < -0.39 is 107 Å². The second-order valence-electron chi connectivity index (χ2n) is 31.0. The molecule has 0 spiro atoms. The Labute approximate surface area is 870 Å². The van der Waals surface area contributed by atoms with Crippen molar-refractivity contribution in [3.63, 3.8) is 0 Å². The van der Waals surface area contributed by atoms with Crippen molar-refractivity contribution in [1.82, 2.24) is 20.6 Å². The molecule has 34 nitrogen and oxygen atoms in total. The fraction of sp³-hybridized carbons (Fsp3) is 0.430. The van der Waals surface area contributed by atoms with E-state index in [1.54, 1.807) is 84.3 Å². The first kappa shape index (κ1) is 112. The molecule has 0 saturated heterocycles. The number of benzene rings is 6. The molecule has 2 aromatic heterocycles. The third-order valence-corrected chi connectivity index (χ3v) is 19.2. The number of carbonyl (C=O) groups excluding carboxylic acids is 11. The summed E-state index contributed by atoms with van der Waals surface area (Å²) in [4.78, 5) is 156. The van der Waals surface area contributed by atoms with Gasteiger partial charge in [0.05, 0.1) is 119 Å². The maximum Gasteiger partial charge on any atom is 1.00 e. The van der Waals surface area contributed by atoms with Crippen LogP contribution in [0.2, 0.25) is 0 Å². The summed E-state index contributed by atoms with van der Waals surface area (Å²) in [6.07, 6.45) is 0.713. The zero-order valence-electron chi connectivity index (χ0n) is 76.8. The van der Waals surface area contributed by atoms with Crippen molar-refractivity contribution in [3.8, 4) is 33.8 Å². The van der Waals surface area contributed by atoms with E-state index in [0.29, 0.717) is 93.4 Å². The number of pyridine rings is 2. The molecule has 0 radical (unpaired) electrons. The molecular weight excluding hydrogens is 1910 g/mol. The third-order valence-electron chi connectivity index (χ3n) is 19.2. The van der Waals surface area contributed by atoms with Crippen molar-refractivity contribution in [2.24, 2.45) is 5.11 Å². The number of aromatic nitrogens is 2. The number of carbonyl (C=O) groups is 11. The SMILES string of the molecule is COC(=O)C[C@H](CC(=O)[C@H](CC(=O)OC)NC(=O)CCCN(C(=O)OC(C)(C)C)c1cc(C)ccn1)c1ccc(-c2ccc(O)c3ccccc23)cc1.COC(=O)C[C@H](CC(=O)[C@H](CC(=O)OC)NC(=O)CCCN(C(=O)OC(C)(C)C)c1cc(C)ccn1)c1ccc(-c2ccc(OCCOCCOCCOCCOCCN=[N+]=[N-])c3ccccc23)cc1.O=CO[O-].[Cs+].[Cs+].[H-]. The smallest absolute Gasteiger partial charge is 1.00 e. The van der Waals surface area contributed by atoms with Crippen molar-refractivity contribution in [2.75, 3.05) is 117 Å². The third kappa shape index (κ3) is 40.8. The molecule has 2 heterocycles. The van der Waals surface area contributed by atoms with Gasteiger partial charge < -0.3 is 79.4 Å². The number of aromatic hydroxyl groups is 1. The van der Waals surface area contributed by atoms with Crippen LogP contribution in [0.5, 0.6) is 11.5 Å². The summed E-state index contributed by atoms with van der Waals surface area (Å²) in [7, 11) is 4.91. The van der Waals surface area contributed by atoms with Crippen molar-refractivity contribution < 1.29 is 259 Å². The summed E-state index contributed by atoms with van der Waals surface area (Å²) >= 11 is 0. The van der Waals surface area contributed by atoms with Gasteiger partial charge in [0.15, 0.2) is 11.6 Å². The van der Waals surface area contributed by atoms with Crippen LogP contribution in [0.1, 0.15) is 141 Å². The zero-order chi connectivity index (χ0) is 92.9. The number of phenols is 1. The van der Waals surface area contributed by atoms with Crippen molar-refractivity contribution in [1.29, 1.82) is 0 Å². The number of nitrogens with one attached hydrogen (secondary N) is 2. The molecule has 6 aromatic carbocycles. The predicted molar refractivity (Wildman–Crippen MR) is 470 cm³/mol. The molecule has 684 valence electrons. The molecule has 4 atom stereocenters. The maximum absolute atomic E-state index is 14.0. The Morgan fingerprint density at radius 3 is 1.24 bits per heavy atom. The fourth-order valence-corrected chi connectivity index (χ4v) is 13.0. The Bertz CT molecular complexity index is 5000. The van der Waals surface area contributed by atoms with Gasteiger partial charge in [-0.05, 0) is 165 Å². The number of aryl methyl sites for hydroxylation is 2. The van der Waals surface area contributed by atoms with E-state index in [1.165, 1.54) is 38.2 Å². The van der Waals surface area contributed by atoms with Gasteiger partial charge in [0, 0.05) is 85.2 Å². The molecule has 0 fully saturated rings. The predicted octanol–water partition coefficient (Wildman–Crippen LogP) is 7.19. The Kier molecular flexibility index (Phi) is 52.5. The normalized spacial score (nSPS) is 11.8. The number of azide groups is 1. The number of ether oxygens (including phenoxy) is 11. The molecular formula is C93H115Cs2N9O25. The summed E-state index contributed by atoms with van der Waals surface area (Å²) in [6.45, 7) is 18.1. The number of hydrogen-bond acceptors (Lipinski definition) is 28. The first-order valence-corrected chi connectivity index (χ1v) is 41.2. The average Bonchev–Trinajstić information content (AvgIpc) is 0.789. The maximum atomic E-state index is 14.0. The quantitative estimate of drug-likeness (QED) is 0.00391. The number of hydrogen-bond donors (Lipinski definition) is 3. The minimum Gasteiger partial charge on any atom is -1.00 e. The molecule has 0 unspecified atom stereocenters. The minimum atomic E-state index is -1.25. The molecule has 129 heavy (non-hydrogen) atoms. The second kappa shape index (κ2) is 60.2. The zero-order valence-corrected chi connectivity index (χ0v) is 88.4. The molecule has 0 saturated carbocycles. The van der Waals surface area contributed by atoms with Crippen LogP contribution in [0.25, 0.3) is 54.2 Å². The van der Waals surface area contributed by atoms with Crippen molar-refractivity contribution >= 4 is 99.1 Å². The van der Waals surface area contributed by atoms with Crippen LogP contribution in [0.4, 0.5) is 21.2 Å². The van der Waals surface area contributed by atoms with E-state index in [1.807, 2.05) is 129 Å². The Hall–Kier alpha value is -8.88. The second-order valence-corrected chi connectivity index (χ2v) is 31.0. The number of fused-ring (bicyclic) bond motifs is 2. The van der Waals surface area contributed by atoms with Crippen LogP contribution in [0, 0.1) is 13.8 Å². The number of nitrogens with zero attached hydrogens (tertiary/aromatic N) is 7. The van der Waals surface area contributed by atoms with E-state index in [0.717, 1.165) is 49.5 Å². The summed E-state index contributed by atoms with van der Waals surface area (Å²) in [5.74, 6) is -4.08. The van der Waals surface area contributed by atoms with Crippen LogP contribution in [-0.2, 0) is 95.4 Å². The van der Waals surface area contributed by atoms with Crippen molar-refractivity contribution in [2.45, 2.75) is 155 Å². The van der Waals surface area contributed by atoms with Gasteiger partial charge in [-0.2, -0.15) is 0 Å². The largest absolute Gasteiger partial charge is 1.00 e. The van der Waals surface area contributed by atoms with Gasteiger partial charge >= 0.3 is 174 Å². The first-order chi connectivity index (χ1) is 60.8. The summed E-state index contributed by atoms with van der Waals surface area (Å²) in [5, 5.41) is 31.0. The summed E-state index contributed by atoms with van der Waals surface area (Å²) in [5.41, 5.74) is 13.5. The van der Waals surface area contributed by atoms with Gasteiger partial charge in [0.25, 0.3) is 6.47 Å². The summed E-state index contributed by atoms with van der Waals surface area (Å²) in [6, 6.07) is 42.3. The van der Waals surface area contributed by atoms with E-state index in [2.05, 4.69) is 35.5 Å². The molecule has 8 aromatic rings. The number of anilines is 2. The van der Waals surface area contributed by atoms with Gasteiger partial charge in [0.2, 0.25) is 11.8 Å². The van der Waals surface area contributed by atoms with Crippen LogP contribution in [0.3, 0.4) is 0 Å². The number of esters is 4. The number of ketones is 2. The molecule has 0 aliphatic carbocycles. The molecule has 0 aliphatic heterocycles. The molecule has 4 amide bonds. The average molecular weight is 2020 g/mol. The number of amides is 4. The number of Topliss-reactive ketones (excluding diaryl/α,β-unsaturated/α-hetero) is 2. The molecule has 8 rings (SSSR count). The monoisotopic (exact) mass is 2020 g/mol. The van der Waals surface area contributed by atoms with E-state index >= 15 is 0 Å². The van der Waals surface area contributed by atoms with Crippen LogP contribution in [0.15, 0.2) is 163 Å². The van der Waals surface area contributed by atoms with Gasteiger partial charge in [0.1, 0.15) is 40.9 Å². The van der Waals surface area contributed by atoms with Crippen LogP contribution >= 0.6 is 0 Å². The number of rotatable bonds is 47. The van der Waals surface area contributed by atoms with Gasteiger partial charge in [-0.1, -0.05) is 114 Å². The fourth-order valence-electron chi connectivity index (χ4n) is 13.0. The molecule has 0 bridgehead atoms.